The van der Waals surface area contributed by atoms with Gasteiger partial charge in [0.2, 0.25) is 5.82 Å². The maximum atomic E-state index is 10.6. The highest BCUT2D eigenvalue weighted by Gasteiger charge is 2.15. The lowest BCUT2D eigenvalue weighted by atomic mass is 9.94. The first-order valence-corrected chi connectivity index (χ1v) is 11.1. The van der Waals surface area contributed by atoms with Crippen molar-refractivity contribution in [3.63, 3.8) is 0 Å². The second-order valence-electron chi connectivity index (χ2n) is 8.06. The molecular formula is C27H27N3O4. The monoisotopic (exact) mass is 457 g/mol. The van der Waals surface area contributed by atoms with Crippen molar-refractivity contribution in [2.24, 2.45) is 0 Å². The number of rotatable bonds is 10. The highest BCUT2D eigenvalue weighted by atomic mass is 16.5. The van der Waals surface area contributed by atoms with E-state index in [0.29, 0.717) is 31.3 Å². The molecule has 2 N–H and O–H groups in total. The smallest absolute Gasteiger partial charge is 0.317 e. The SMILES string of the molecule is COCc1cc(-c2nc(-c3cccc(CCNCC(=O)O)c3)no2)ccc1-c1ccccc1C. The average Bonchev–Trinajstić information content (AvgIpc) is 3.33. The summed E-state index contributed by atoms with van der Waals surface area (Å²) in [5, 5.41) is 15.8. The van der Waals surface area contributed by atoms with Crippen molar-refractivity contribution < 1.29 is 19.2 Å². The molecule has 4 aromatic rings. The van der Waals surface area contributed by atoms with E-state index in [4.69, 9.17) is 14.4 Å². The fraction of sp³-hybridized carbons (Fsp3) is 0.222. The van der Waals surface area contributed by atoms with Gasteiger partial charge < -0.3 is 19.7 Å². The van der Waals surface area contributed by atoms with Gasteiger partial charge in [-0.05, 0) is 65.9 Å². The number of carbonyl (C=O) groups is 1. The topological polar surface area (TPSA) is 97.5 Å². The van der Waals surface area contributed by atoms with E-state index in [1.807, 2.05) is 48.5 Å². The molecule has 0 spiro atoms. The maximum Gasteiger partial charge on any atom is 0.317 e. The van der Waals surface area contributed by atoms with Gasteiger partial charge in [0, 0.05) is 18.2 Å². The molecule has 0 aliphatic carbocycles. The van der Waals surface area contributed by atoms with Crippen LogP contribution in [0.15, 0.2) is 71.3 Å². The number of benzene rings is 3. The third kappa shape index (κ3) is 5.57. The van der Waals surface area contributed by atoms with Crippen molar-refractivity contribution in [3.05, 3.63) is 83.4 Å². The minimum absolute atomic E-state index is 0.0540. The highest BCUT2D eigenvalue weighted by molar-refractivity contribution is 5.74. The van der Waals surface area contributed by atoms with Crippen molar-refractivity contribution in [1.82, 2.24) is 15.5 Å². The fourth-order valence-electron chi connectivity index (χ4n) is 3.89. The zero-order chi connectivity index (χ0) is 23.9. The molecule has 34 heavy (non-hydrogen) atoms. The predicted molar refractivity (Wildman–Crippen MR) is 130 cm³/mol. The molecule has 7 nitrogen and oxygen atoms in total. The number of nitrogens with zero attached hydrogens (tertiary/aromatic N) is 2. The summed E-state index contributed by atoms with van der Waals surface area (Å²) in [5.74, 6) is 0.0810. The van der Waals surface area contributed by atoms with Gasteiger partial charge in [-0.25, -0.2) is 0 Å². The average molecular weight is 458 g/mol. The molecule has 0 saturated carbocycles. The zero-order valence-electron chi connectivity index (χ0n) is 19.2. The Bertz CT molecular complexity index is 1280. The standard InChI is InChI=1S/C27H27N3O4/c1-18-6-3-4-9-23(18)24-11-10-21(15-22(24)17-33-2)27-29-26(30-34-27)20-8-5-7-19(14-20)12-13-28-16-25(31)32/h3-11,14-15,28H,12-13,16-17H2,1-2H3,(H,31,32). The normalized spacial score (nSPS) is 11.0. The summed E-state index contributed by atoms with van der Waals surface area (Å²) < 4.78 is 11.1. The first-order chi connectivity index (χ1) is 16.5. The Kier molecular flexibility index (Phi) is 7.47. The number of aryl methyl sites for hydroxylation is 1. The Labute approximate surface area is 198 Å². The predicted octanol–water partition coefficient (Wildman–Crippen LogP) is 4.74. The molecule has 7 heteroatoms. The van der Waals surface area contributed by atoms with Crippen LogP contribution < -0.4 is 5.32 Å². The summed E-state index contributed by atoms with van der Waals surface area (Å²) in [4.78, 5) is 15.3. The Morgan fingerprint density at radius 1 is 1.03 bits per heavy atom. The molecule has 0 bridgehead atoms. The summed E-state index contributed by atoms with van der Waals surface area (Å²) >= 11 is 0. The minimum atomic E-state index is -0.867. The molecule has 0 aliphatic heterocycles. The van der Waals surface area contributed by atoms with Crippen LogP contribution in [-0.4, -0.2) is 41.4 Å². The van der Waals surface area contributed by atoms with E-state index in [9.17, 15) is 4.79 Å². The van der Waals surface area contributed by atoms with Crippen LogP contribution in [0.25, 0.3) is 34.0 Å². The number of methoxy groups -OCH3 is 1. The molecule has 0 atom stereocenters. The summed E-state index contributed by atoms with van der Waals surface area (Å²) in [6, 6.07) is 22.2. The van der Waals surface area contributed by atoms with Crippen molar-refractivity contribution in [3.8, 4) is 34.0 Å². The Morgan fingerprint density at radius 3 is 2.68 bits per heavy atom. The number of carboxylic acids is 1. The second-order valence-corrected chi connectivity index (χ2v) is 8.06. The third-order valence-corrected chi connectivity index (χ3v) is 5.57. The second kappa shape index (κ2) is 10.9. The molecule has 0 fully saturated rings. The van der Waals surface area contributed by atoms with Gasteiger partial charge in [-0.1, -0.05) is 53.7 Å². The fourth-order valence-corrected chi connectivity index (χ4v) is 3.89. The molecule has 1 aromatic heterocycles. The van der Waals surface area contributed by atoms with Gasteiger partial charge in [0.15, 0.2) is 0 Å². The summed E-state index contributed by atoms with van der Waals surface area (Å²) in [5.41, 5.74) is 7.27. The van der Waals surface area contributed by atoms with E-state index in [1.165, 1.54) is 11.1 Å². The quantitative estimate of drug-likeness (QED) is 0.332. The van der Waals surface area contributed by atoms with Gasteiger partial charge in [-0.2, -0.15) is 4.98 Å². The summed E-state index contributed by atoms with van der Waals surface area (Å²) in [6.45, 7) is 3.08. The first kappa shape index (κ1) is 23.4. The molecule has 1 heterocycles. The van der Waals surface area contributed by atoms with Crippen LogP contribution >= 0.6 is 0 Å². The molecule has 4 rings (SSSR count). The van der Waals surface area contributed by atoms with Gasteiger partial charge in [-0.3, -0.25) is 4.79 Å². The van der Waals surface area contributed by atoms with E-state index in [2.05, 4.69) is 40.6 Å². The van der Waals surface area contributed by atoms with Gasteiger partial charge in [-0.15, -0.1) is 0 Å². The van der Waals surface area contributed by atoms with Crippen LogP contribution in [0.1, 0.15) is 16.7 Å². The van der Waals surface area contributed by atoms with Crippen molar-refractivity contribution in [1.29, 1.82) is 0 Å². The van der Waals surface area contributed by atoms with E-state index < -0.39 is 5.97 Å². The van der Waals surface area contributed by atoms with Crippen LogP contribution in [0.5, 0.6) is 0 Å². The third-order valence-electron chi connectivity index (χ3n) is 5.57. The number of aromatic nitrogens is 2. The van der Waals surface area contributed by atoms with Crippen LogP contribution in [0.3, 0.4) is 0 Å². The Balaban J connectivity index is 1.56. The van der Waals surface area contributed by atoms with Gasteiger partial charge in [0.25, 0.3) is 5.89 Å². The van der Waals surface area contributed by atoms with E-state index >= 15 is 0 Å². The van der Waals surface area contributed by atoms with Crippen molar-refractivity contribution in [2.45, 2.75) is 20.0 Å². The van der Waals surface area contributed by atoms with Crippen LogP contribution in [0.4, 0.5) is 0 Å². The lowest BCUT2D eigenvalue weighted by Gasteiger charge is -2.12. The number of hydrogen-bond donors (Lipinski definition) is 2. The summed E-state index contributed by atoms with van der Waals surface area (Å²) in [7, 11) is 1.68. The number of hydrogen-bond acceptors (Lipinski definition) is 6. The van der Waals surface area contributed by atoms with E-state index in [1.54, 1.807) is 7.11 Å². The molecule has 174 valence electrons. The zero-order valence-corrected chi connectivity index (χ0v) is 19.2. The van der Waals surface area contributed by atoms with Gasteiger partial charge >= 0.3 is 5.97 Å². The van der Waals surface area contributed by atoms with Crippen molar-refractivity contribution in [2.75, 3.05) is 20.2 Å². The lowest BCUT2D eigenvalue weighted by Crippen LogP contribution is -2.24. The summed E-state index contributed by atoms with van der Waals surface area (Å²) in [6.07, 6.45) is 0.701. The van der Waals surface area contributed by atoms with E-state index in [0.717, 1.165) is 27.8 Å². The first-order valence-electron chi connectivity index (χ1n) is 11.1. The van der Waals surface area contributed by atoms with Gasteiger partial charge in [0.05, 0.1) is 13.2 Å². The van der Waals surface area contributed by atoms with E-state index in [-0.39, 0.29) is 6.54 Å². The number of aliphatic carboxylic acids is 1. The molecule has 0 amide bonds. The minimum Gasteiger partial charge on any atom is -0.480 e. The van der Waals surface area contributed by atoms with Crippen molar-refractivity contribution >= 4 is 5.97 Å². The molecule has 3 aromatic carbocycles. The molecule has 0 saturated heterocycles. The number of ether oxygens (including phenoxy) is 1. The Morgan fingerprint density at radius 2 is 1.88 bits per heavy atom. The highest BCUT2D eigenvalue weighted by Crippen LogP contribution is 2.31. The van der Waals surface area contributed by atoms with Gasteiger partial charge in [0.1, 0.15) is 0 Å². The van der Waals surface area contributed by atoms with Crippen LogP contribution in [0.2, 0.25) is 0 Å². The maximum absolute atomic E-state index is 10.6. The largest absolute Gasteiger partial charge is 0.480 e. The molecule has 0 unspecified atom stereocenters. The van der Waals surface area contributed by atoms with Crippen LogP contribution in [0, 0.1) is 6.92 Å². The number of carboxylic acid groups (broad SMARTS) is 1. The molecule has 0 aliphatic rings. The molecular weight excluding hydrogens is 430 g/mol. The Hall–Kier alpha value is -3.81. The number of nitrogens with one attached hydrogen (secondary N) is 1. The molecule has 0 radical (unpaired) electrons. The lowest BCUT2D eigenvalue weighted by molar-refractivity contribution is -0.135. The van der Waals surface area contributed by atoms with Crippen LogP contribution in [-0.2, 0) is 22.6 Å².